The second-order valence-corrected chi connectivity index (χ2v) is 4.79. The molecule has 0 heterocycles. The molecule has 0 aromatic heterocycles. The molecule has 88 valence electrons. The van der Waals surface area contributed by atoms with Crippen molar-refractivity contribution < 1.29 is 4.39 Å². The van der Waals surface area contributed by atoms with Gasteiger partial charge in [-0.05, 0) is 52.3 Å². The van der Waals surface area contributed by atoms with Crippen molar-refractivity contribution in [1.82, 2.24) is 0 Å². The van der Waals surface area contributed by atoms with Crippen LogP contribution in [-0.4, -0.2) is 0 Å². The fraction of sp³-hybridized carbons (Fsp3) is 0. The zero-order chi connectivity index (χ0) is 12.4. The Bertz CT molecular complexity index is 540. The lowest BCUT2D eigenvalue weighted by molar-refractivity contribution is 0.629. The molecule has 0 aliphatic heterocycles. The summed E-state index contributed by atoms with van der Waals surface area (Å²) in [6, 6.07) is 9.67. The van der Waals surface area contributed by atoms with Gasteiger partial charge in [0.1, 0.15) is 5.82 Å². The maximum atomic E-state index is 13.1. The summed E-state index contributed by atoms with van der Waals surface area (Å²) in [6.45, 7) is 0. The first-order valence-electron chi connectivity index (χ1n) is 4.83. The molecular weight excluding hydrogens is 307 g/mol. The van der Waals surface area contributed by atoms with E-state index in [1.54, 1.807) is 12.1 Å². The molecule has 0 fully saturated rings. The maximum absolute atomic E-state index is 13.1. The molecule has 0 saturated carbocycles. The molecule has 2 nitrogen and oxygen atoms in total. The summed E-state index contributed by atoms with van der Waals surface area (Å²) in [6.07, 6.45) is 0. The van der Waals surface area contributed by atoms with Crippen LogP contribution in [0, 0.1) is 5.82 Å². The summed E-state index contributed by atoms with van der Waals surface area (Å²) in [4.78, 5) is 0. The van der Waals surface area contributed by atoms with Gasteiger partial charge in [-0.2, -0.15) is 0 Å². The quantitative estimate of drug-likeness (QED) is 0.797. The number of rotatable bonds is 2. The van der Waals surface area contributed by atoms with E-state index in [0.717, 1.165) is 10.2 Å². The van der Waals surface area contributed by atoms with Gasteiger partial charge in [0.05, 0.1) is 5.02 Å². The third kappa shape index (κ3) is 3.11. The Morgan fingerprint density at radius 1 is 1.12 bits per heavy atom. The van der Waals surface area contributed by atoms with Crippen LogP contribution < -0.4 is 11.1 Å². The van der Waals surface area contributed by atoms with E-state index in [1.165, 1.54) is 12.1 Å². The smallest absolute Gasteiger partial charge is 0.127 e. The average Bonchev–Trinajstić information content (AvgIpc) is 2.22. The Balaban J connectivity index is 2.28. The molecule has 0 aliphatic carbocycles. The van der Waals surface area contributed by atoms with Gasteiger partial charge >= 0.3 is 0 Å². The lowest BCUT2D eigenvalue weighted by Crippen LogP contribution is -1.94. The van der Waals surface area contributed by atoms with E-state index in [-0.39, 0.29) is 5.82 Å². The highest BCUT2D eigenvalue weighted by Gasteiger charge is 2.02. The molecular formula is C12H9BrClFN2. The van der Waals surface area contributed by atoms with Crippen LogP contribution in [0.5, 0.6) is 0 Å². The maximum Gasteiger partial charge on any atom is 0.127 e. The highest BCUT2D eigenvalue weighted by Crippen LogP contribution is 2.28. The first-order valence-corrected chi connectivity index (χ1v) is 6.00. The predicted molar refractivity (Wildman–Crippen MR) is 73.2 cm³/mol. The van der Waals surface area contributed by atoms with Crippen molar-refractivity contribution in [3.05, 3.63) is 51.7 Å². The van der Waals surface area contributed by atoms with Crippen molar-refractivity contribution in [3.63, 3.8) is 0 Å². The van der Waals surface area contributed by atoms with Gasteiger partial charge in [-0.25, -0.2) is 4.39 Å². The highest BCUT2D eigenvalue weighted by molar-refractivity contribution is 9.10. The van der Waals surface area contributed by atoms with E-state index in [1.807, 2.05) is 12.1 Å². The fourth-order valence-electron chi connectivity index (χ4n) is 1.43. The van der Waals surface area contributed by atoms with Crippen LogP contribution >= 0.6 is 27.5 Å². The van der Waals surface area contributed by atoms with Crippen molar-refractivity contribution in [2.24, 2.45) is 0 Å². The molecule has 17 heavy (non-hydrogen) atoms. The van der Waals surface area contributed by atoms with Crippen LogP contribution in [0.3, 0.4) is 0 Å². The third-order valence-electron chi connectivity index (χ3n) is 2.13. The van der Waals surface area contributed by atoms with Crippen LogP contribution in [0.15, 0.2) is 40.9 Å². The Morgan fingerprint density at radius 2 is 1.88 bits per heavy atom. The van der Waals surface area contributed by atoms with Crippen molar-refractivity contribution in [2.75, 3.05) is 11.1 Å². The Kier molecular flexibility index (Phi) is 3.54. The number of nitrogens with two attached hydrogens (primary N) is 1. The van der Waals surface area contributed by atoms with Crippen LogP contribution in [0.2, 0.25) is 5.02 Å². The van der Waals surface area contributed by atoms with Crippen molar-refractivity contribution in [3.8, 4) is 0 Å². The van der Waals surface area contributed by atoms with Gasteiger partial charge in [0.15, 0.2) is 0 Å². The largest absolute Gasteiger partial charge is 0.399 e. The minimum Gasteiger partial charge on any atom is -0.399 e. The average molecular weight is 316 g/mol. The molecule has 2 rings (SSSR count). The lowest BCUT2D eigenvalue weighted by Gasteiger charge is -2.08. The van der Waals surface area contributed by atoms with Crippen LogP contribution in [0.1, 0.15) is 0 Å². The normalized spacial score (nSPS) is 10.3. The number of halogens is 3. The molecule has 2 aromatic carbocycles. The molecule has 5 heteroatoms. The van der Waals surface area contributed by atoms with E-state index < -0.39 is 0 Å². The van der Waals surface area contributed by atoms with Crippen LogP contribution in [0.25, 0.3) is 0 Å². The fourth-order valence-corrected chi connectivity index (χ4v) is 1.85. The topological polar surface area (TPSA) is 38.0 Å². The summed E-state index contributed by atoms with van der Waals surface area (Å²) in [5.41, 5.74) is 7.28. The Hall–Kier alpha value is -1.26. The van der Waals surface area contributed by atoms with Gasteiger partial charge in [-0.1, -0.05) is 11.6 Å². The number of nitrogens with one attached hydrogen (secondary N) is 1. The standard InChI is InChI=1S/C12H9BrClFN2/c13-11-2-1-9(6-12(11)14)17-10-4-7(15)3-8(16)5-10/h1-6,17H,16H2. The third-order valence-corrected chi connectivity index (χ3v) is 3.36. The second kappa shape index (κ2) is 4.94. The molecule has 0 amide bonds. The zero-order valence-electron chi connectivity index (χ0n) is 8.68. The van der Waals surface area contributed by atoms with E-state index >= 15 is 0 Å². The van der Waals surface area contributed by atoms with Gasteiger partial charge in [-0.3, -0.25) is 0 Å². The molecule has 0 aliphatic rings. The molecule has 3 N–H and O–H groups in total. The molecule has 0 bridgehead atoms. The van der Waals surface area contributed by atoms with Gasteiger partial charge in [-0.15, -0.1) is 0 Å². The summed E-state index contributed by atoms with van der Waals surface area (Å²) >= 11 is 9.26. The van der Waals surface area contributed by atoms with E-state index in [0.29, 0.717) is 16.4 Å². The summed E-state index contributed by atoms with van der Waals surface area (Å²) in [5, 5.41) is 3.61. The van der Waals surface area contributed by atoms with Gasteiger partial charge < -0.3 is 11.1 Å². The molecule has 0 spiro atoms. The SMILES string of the molecule is Nc1cc(F)cc(Nc2ccc(Br)c(Cl)c2)c1. The van der Waals surface area contributed by atoms with Crippen molar-refractivity contribution in [2.45, 2.75) is 0 Å². The number of anilines is 3. The summed E-state index contributed by atoms with van der Waals surface area (Å²) in [7, 11) is 0. The number of hydrogen-bond donors (Lipinski definition) is 2. The minimum absolute atomic E-state index is 0.371. The van der Waals surface area contributed by atoms with E-state index in [4.69, 9.17) is 17.3 Å². The number of benzene rings is 2. The Morgan fingerprint density at radius 3 is 2.53 bits per heavy atom. The molecule has 0 saturated heterocycles. The predicted octanol–water partition coefficient (Wildman–Crippen LogP) is 4.57. The lowest BCUT2D eigenvalue weighted by atomic mass is 10.2. The van der Waals surface area contributed by atoms with Gasteiger partial charge in [0.25, 0.3) is 0 Å². The van der Waals surface area contributed by atoms with Crippen LogP contribution in [-0.2, 0) is 0 Å². The van der Waals surface area contributed by atoms with Crippen LogP contribution in [0.4, 0.5) is 21.5 Å². The van der Waals surface area contributed by atoms with Crippen molar-refractivity contribution in [1.29, 1.82) is 0 Å². The van der Waals surface area contributed by atoms with Gasteiger partial charge in [0.2, 0.25) is 0 Å². The van der Waals surface area contributed by atoms with Gasteiger partial charge in [0, 0.05) is 21.5 Å². The summed E-state index contributed by atoms with van der Waals surface area (Å²) in [5.74, 6) is -0.379. The van der Waals surface area contributed by atoms with Crippen molar-refractivity contribution >= 4 is 44.6 Å². The molecule has 0 radical (unpaired) electrons. The first kappa shape index (κ1) is 12.2. The van der Waals surface area contributed by atoms with E-state index in [2.05, 4.69) is 21.2 Å². The minimum atomic E-state index is -0.379. The molecule has 0 atom stereocenters. The summed E-state index contributed by atoms with van der Waals surface area (Å²) < 4.78 is 13.9. The highest BCUT2D eigenvalue weighted by atomic mass is 79.9. The molecule has 2 aromatic rings. The molecule has 0 unspecified atom stereocenters. The zero-order valence-corrected chi connectivity index (χ0v) is 11.0. The second-order valence-electron chi connectivity index (χ2n) is 3.53. The van der Waals surface area contributed by atoms with E-state index in [9.17, 15) is 4.39 Å². The monoisotopic (exact) mass is 314 g/mol. The first-order chi connectivity index (χ1) is 8.04. The number of hydrogen-bond acceptors (Lipinski definition) is 2. The number of nitrogen functional groups attached to an aromatic ring is 1. The Labute approximate surface area is 112 Å².